The summed E-state index contributed by atoms with van der Waals surface area (Å²) in [7, 11) is 0. The molecule has 0 saturated carbocycles. The number of nitrogens with zero attached hydrogens (tertiary/aromatic N) is 3. The number of aromatic nitrogens is 2. The first-order valence-corrected chi connectivity index (χ1v) is 6.32. The Morgan fingerprint density at radius 3 is 2.72 bits per heavy atom. The molecule has 1 amide bonds. The highest BCUT2D eigenvalue weighted by molar-refractivity contribution is 5.95. The minimum Gasteiger partial charge on any atom is -0.338 e. The van der Waals surface area contributed by atoms with E-state index in [1.807, 2.05) is 18.7 Å². The first-order chi connectivity index (χ1) is 8.62. The quantitative estimate of drug-likeness (QED) is 0.865. The van der Waals surface area contributed by atoms with E-state index in [2.05, 4.69) is 16.3 Å². The van der Waals surface area contributed by atoms with Crippen molar-refractivity contribution < 1.29 is 4.79 Å². The van der Waals surface area contributed by atoms with E-state index in [-0.39, 0.29) is 11.3 Å². The van der Waals surface area contributed by atoms with Gasteiger partial charge in [0.15, 0.2) is 0 Å². The number of piperidine rings is 1. The molecule has 5 heteroatoms. The molecule has 5 nitrogen and oxygen atoms in total. The predicted molar refractivity (Wildman–Crippen MR) is 66.8 cm³/mol. The van der Waals surface area contributed by atoms with E-state index >= 15 is 0 Å². The molecule has 1 saturated heterocycles. The van der Waals surface area contributed by atoms with E-state index in [9.17, 15) is 10.1 Å². The Balaban J connectivity index is 2.05. The van der Waals surface area contributed by atoms with Crippen LogP contribution in [-0.4, -0.2) is 34.1 Å². The maximum atomic E-state index is 12.3. The van der Waals surface area contributed by atoms with Gasteiger partial charge in [-0.05, 0) is 26.2 Å². The lowest BCUT2D eigenvalue weighted by Gasteiger charge is -2.36. The van der Waals surface area contributed by atoms with Gasteiger partial charge in [-0.25, -0.2) is 0 Å². The zero-order chi connectivity index (χ0) is 13.2. The van der Waals surface area contributed by atoms with Crippen molar-refractivity contribution in [1.29, 1.82) is 5.26 Å². The van der Waals surface area contributed by atoms with Gasteiger partial charge >= 0.3 is 0 Å². The fourth-order valence-corrected chi connectivity index (χ4v) is 2.42. The van der Waals surface area contributed by atoms with E-state index in [0.29, 0.717) is 18.7 Å². The highest BCUT2D eigenvalue weighted by atomic mass is 16.2. The van der Waals surface area contributed by atoms with Crippen molar-refractivity contribution in [3.05, 3.63) is 17.5 Å². The van der Waals surface area contributed by atoms with E-state index in [1.165, 1.54) is 0 Å². The number of carbonyl (C=O) groups is 1. The Bertz CT molecular complexity index is 477. The Kier molecular flexibility index (Phi) is 3.37. The maximum Gasteiger partial charge on any atom is 0.257 e. The number of aromatic amines is 1. The molecule has 1 aromatic heterocycles. The molecule has 0 atom stereocenters. The molecule has 96 valence electrons. The molecule has 18 heavy (non-hydrogen) atoms. The fourth-order valence-electron chi connectivity index (χ4n) is 2.42. The molecule has 1 aliphatic rings. The summed E-state index contributed by atoms with van der Waals surface area (Å²) >= 11 is 0. The Morgan fingerprint density at radius 2 is 2.28 bits per heavy atom. The first kappa shape index (κ1) is 12.6. The van der Waals surface area contributed by atoms with Gasteiger partial charge in [-0.1, -0.05) is 6.92 Å². The first-order valence-electron chi connectivity index (χ1n) is 6.32. The van der Waals surface area contributed by atoms with Gasteiger partial charge in [-0.15, -0.1) is 0 Å². The van der Waals surface area contributed by atoms with Crippen molar-refractivity contribution in [2.75, 3.05) is 13.1 Å². The van der Waals surface area contributed by atoms with Gasteiger partial charge in [-0.3, -0.25) is 9.89 Å². The Labute approximate surface area is 107 Å². The number of nitrogens with one attached hydrogen (secondary N) is 1. The molecular weight excluding hydrogens is 228 g/mol. The number of aryl methyl sites for hydroxylation is 1. The lowest BCUT2D eigenvalue weighted by Crippen LogP contribution is -2.42. The maximum absolute atomic E-state index is 12.3. The number of carbonyl (C=O) groups excluding carboxylic acids is 1. The second-order valence-electron chi connectivity index (χ2n) is 4.95. The Morgan fingerprint density at radius 1 is 1.61 bits per heavy atom. The molecule has 1 aromatic rings. The molecule has 1 fully saturated rings. The van der Waals surface area contributed by atoms with Gasteiger partial charge in [0, 0.05) is 18.8 Å². The summed E-state index contributed by atoms with van der Waals surface area (Å²) in [6.45, 7) is 5.20. The normalized spacial score (nSPS) is 18.4. The van der Waals surface area contributed by atoms with Crippen LogP contribution in [0.2, 0.25) is 0 Å². The van der Waals surface area contributed by atoms with Crippen LogP contribution >= 0.6 is 0 Å². The summed E-state index contributed by atoms with van der Waals surface area (Å²) in [4.78, 5) is 14.1. The summed E-state index contributed by atoms with van der Waals surface area (Å²) < 4.78 is 0. The van der Waals surface area contributed by atoms with Crippen molar-refractivity contribution in [2.45, 2.75) is 33.1 Å². The highest BCUT2D eigenvalue weighted by Crippen LogP contribution is 2.34. The zero-order valence-corrected chi connectivity index (χ0v) is 10.9. The van der Waals surface area contributed by atoms with Crippen LogP contribution in [0.15, 0.2) is 6.20 Å². The van der Waals surface area contributed by atoms with Crippen molar-refractivity contribution in [3.8, 4) is 6.07 Å². The predicted octanol–water partition coefficient (Wildman–Crippen LogP) is 1.87. The highest BCUT2D eigenvalue weighted by Gasteiger charge is 2.35. The summed E-state index contributed by atoms with van der Waals surface area (Å²) in [6.07, 6.45) is 3.96. The third kappa shape index (κ3) is 2.10. The van der Waals surface area contributed by atoms with Crippen molar-refractivity contribution in [3.63, 3.8) is 0 Å². The van der Waals surface area contributed by atoms with Gasteiger partial charge in [0.05, 0.1) is 23.2 Å². The molecule has 0 bridgehead atoms. The summed E-state index contributed by atoms with van der Waals surface area (Å²) in [6, 6.07) is 2.42. The smallest absolute Gasteiger partial charge is 0.257 e. The zero-order valence-electron chi connectivity index (χ0n) is 10.9. The number of likely N-dealkylation sites (tertiary alicyclic amines) is 1. The molecule has 0 radical (unpaired) electrons. The van der Waals surface area contributed by atoms with Crippen LogP contribution in [-0.2, 0) is 0 Å². The van der Waals surface area contributed by atoms with Crippen LogP contribution in [0, 0.1) is 23.7 Å². The summed E-state index contributed by atoms with van der Waals surface area (Å²) in [5.41, 5.74) is 1.20. The number of amides is 1. The monoisotopic (exact) mass is 246 g/mol. The molecule has 0 aliphatic carbocycles. The van der Waals surface area contributed by atoms with Crippen LogP contribution in [0.25, 0.3) is 0 Å². The van der Waals surface area contributed by atoms with E-state index < -0.39 is 0 Å². The second-order valence-corrected chi connectivity index (χ2v) is 4.95. The molecule has 1 N–H and O–H groups in total. The van der Waals surface area contributed by atoms with Gasteiger partial charge < -0.3 is 4.90 Å². The molecule has 0 aromatic carbocycles. The van der Waals surface area contributed by atoms with Crippen molar-refractivity contribution >= 4 is 5.91 Å². The standard InChI is InChI=1S/C13H18N4O/c1-3-13(9-14)4-6-17(7-5-13)12(18)11-8-15-16-10(11)2/h8H,3-7H2,1-2H3,(H,15,16). The Hall–Kier alpha value is -1.83. The minimum absolute atomic E-state index is 0.0175. The molecular formula is C13H18N4O. The number of H-pyrrole nitrogens is 1. The van der Waals surface area contributed by atoms with Gasteiger partial charge in [0.1, 0.15) is 0 Å². The van der Waals surface area contributed by atoms with E-state index in [0.717, 1.165) is 25.0 Å². The molecule has 0 spiro atoms. The van der Waals surface area contributed by atoms with Crippen molar-refractivity contribution in [2.24, 2.45) is 5.41 Å². The van der Waals surface area contributed by atoms with Crippen LogP contribution < -0.4 is 0 Å². The van der Waals surface area contributed by atoms with Gasteiger partial charge in [-0.2, -0.15) is 10.4 Å². The van der Waals surface area contributed by atoms with Crippen LogP contribution in [0.4, 0.5) is 0 Å². The minimum atomic E-state index is -0.234. The summed E-state index contributed by atoms with van der Waals surface area (Å²) in [5, 5.41) is 15.9. The number of rotatable bonds is 2. The lowest BCUT2D eigenvalue weighted by molar-refractivity contribution is 0.0643. The second kappa shape index (κ2) is 4.81. The molecule has 2 rings (SSSR count). The number of hydrogen-bond acceptors (Lipinski definition) is 3. The fraction of sp³-hybridized carbons (Fsp3) is 0.615. The molecule has 1 aliphatic heterocycles. The van der Waals surface area contributed by atoms with Crippen LogP contribution in [0.5, 0.6) is 0 Å². The third-order valence-corrected chi connectivity index (χ3v) is 3.98. The van der Waals surface area contributed by atoms with Gasteiger partial charge in [0.2, 0.25) is 0 Å². The van der Waals surface area contributed by atoms with E-state index in [1.54, 1.807) is 6.20 Å². The largest absolute Gasteiger partial charge is 0.338 e. The number of hydrogen-bond donors (Lipinski definition) is 1. The topological polar surface area (TPSA) is 72.8 Å². The van der Waals surface area contributed by atoms with E-state index in [4.69, 9.17) is 0 Å². The molecule has 2 heterocycles. The average Bonchev–Trinajstić information content (AvgIpc) is 2.84. The van der Waals surface area contributed by atoms with Crippen molar-refractivity contribution in [1.82, 2.24) is 15.1 Å². The average molecular weight is 246 g/mol. The summed E-state index contributed by atoms with van der Waals surface area (Å²) in [5.74, 6) is 0.0175. The third-order valence-electron chi connectivity index (χ3n) is 3.98. The SMILES string of the molecule is CCC1(C#N)CCN(C(=O)c2cn[nH]c2C)CC1. The number of nitriles is 1. The van der Waals surface area contributed by atoms with Crippen LogP contribution in [0.3, 0.4) is 0 Å². The molecule has 0 unspecified atom stereocenters. The van der Waals surface area contributed by atoms with Gasteiger partial charge in [0.25, 0.3) is 5.91 Å². The van der Waals surface area contributed by atoms with Crippen LogP contribution in [0.1, 0.15) is 42.2 Å². The lowest BCUT2D eigenvalue weighted by atomic mass is 9.77.